The molecule has 62 valence electrons. The van der Waals surface area contributed by atoms with E-state index < -0.39 is 6.08 Å². The zero-order chi connectivity index (χ0) is 8.72. The molecule has 2 aromatic rings. The highest BCUT2D eigenvalue weighted by molar-refractivity contribution is 9.10. The number of rotatable bonds is 0. The van der Waals surface area contributed by atoms with Gasteiger partial charge in [-0.05, 0) is 12.1 Å². The summed E-state index contributed by atoms with van der Waals surface area (Å²) in [6, 6.07) is 3.39. The Morgan fingerprint density at radius 3 is 3.00 bits per heavy atom. The molecule has 0 aliphatic carbocycles. The molecule has 0 saturated carbocycles. The highest BCUT2D eigenvalue weighted by Gasteiger charge is 2.06. The first-order chi connectivity index (χ1) is 5.66. The van der Waals surface area contributed by atoms with Crippen molar-refractivity contribution in [1.29, 1.82) is 0 Å². The van der Waals surface area contributed by atoms with Gasteiger partial charge in [-0.15, -0.1) is 0 Å². The van der Waals surface area contributed by atoms with E-state index in [1.807, 2.05) is 0 Å². The number of hydrogen-bond acceptors (Lipinski definition) is 1. The van der Waals surface area contributed by atoms with Crippen molar-refractivity contribution in [3.63, 3.8) is 0 Å². The summed E-state index contributed by atoms with van der Waals surface area (Å²) in [5.41, 5.74) is 1.05. The molecule has 0 aliphatic rings. The number of aromatic amines is 1. The summed E-state index contributed by atoms with van der Waals surface area (Å²) >= 11 is 9.03. The number of nitrogens with zero attached hydrogens (tertiary/aromatic N) is 1. The van der Waals surface area contributed by atoms with Crippen molar-refractivity contribution < 1.29 is 4.39 Å². The summed E-state index contributed by atoms with van der Waals surface area (Å²) in [7, 11) is 0. The van der Waals surface area contributed by atoms with E-state index in [-0.39, 0.29) is 0 Å². The van der Waals surface area contributed by atoms with Crippen LogP contribution in [-0.2, 0) is 0 Å². The number of fused-ring (bicyclic) bond motifs is 1. The van der Waals surface area contributed by atoms with Crippen LogP contribution >= 0.6 is 27.5 Å². The summed E-state index contributed by atoms with van der Waals surface area (Å²) in [6.45, 7) is 0. The molecule has 12 heavy (non-hydrogen) atoms. The zero-order valence-corrected chi connectivity index (χ0v) is 8.08. The van der Waals surface area contributed by atoms with Gasteiger partial charge in [0.1, 0.15) is 5.52 Å². The second-order valence-electron chi connectivity index (χ2n) is 2.31. The maximum absolute atomic E-state index is 12.6. The van der Waals surface area contributed by atoms with Gasteiger partial charge in [-0.1, -0.05) is 27.5 Å². The molecule has 0 unspecified atom stereocenters. The Kier molecular flexibility index (Phi) is 1.81. The van der Waals surface area contributed by atoms with Crippen molar-refractivity contribution in [2.45, 2.75) is 0 Å². The third kappa shape index (κ3) is 1.21. The minimum atomic E-state index is -0.620. The number of benzene rings is 1. The first-order valence-electron chi connectivity index (χ1n) is 3.17. The fourth-order valence-electron chi connectivity index (χ4n) is 1.01. The molecule has 0 fully saturated rings. The average Bonchev–Trinajstić information content (AvgIpc) is 2.29. The molecule has 0 aliphatic heterocycles. The summed E-state index contributed by atoms with van der Waals surface area (Å²) in [6.07, 6.45) is -0.620. The number of H-pyrrole nitrogens is 1. The minimum Gasteiger partial charge on any atom is -0.314 e. The number of hydrogen-bond donors (Lipinski definition) is 1. The summed E-state index contributed by atoms with van der Waals surface area (Å²) < 4.78 is 13.4. The van der Waals surface area contributed by atoms with Crippen molar-refractivity contribution in [2.24, 2.45) is 0 Å². The van der Waals surface area contributed by atoms with E-state index in [2.05, 4.69) is 25.9 Å². The van der Waals surface area contributed by atoms with Crippen LogP contribution in [0, 0.1) is 6.08 Å². The van der Waals surface area contributed by atoms with E-state index in [0.717, 1.165) is 4.47 Å². The van der Waals surface area contributed by atoms with E-state index >= 15 is 0 Å². The van der Waals surface area contributed by atoms with Gasteiger partial charge in [0, 0.05) is 4.47 Å². The van der Waals surface area contributed by atoms with E-state index in [4.69, 9.17) is 11.6 Å². The third-order valence-electron chi connectivity index (χ3n) is 1.48. The van der Waals surface area contributed by atoms with Crippen LogP contribution in [0.15, 0.2) is 16.6 Å². The van der Waals surface area contributed by atoms with Gasteiger partial charge in [0.15, 0.2) is 0 Å². The van der Waals surface area contributed by atoms with E-state index in [1.54, 1.807) is 12.1 Å². The Hall–Kier alpha value is -0.610. The molecule has 0 saturated heterocycles. The molecule has 0 radical (unpaired) electrons. The highest BCUT2D eigenvalue weighted by atomic mass is 79.9. The Morgan fingerprint density at radius 1 is 1.50 bits per heavy atom. The van der Waals surface area contributed by atoms with Gasteiger partial charge in [-0.2, -0.15) is 4.39 Å². The van der Waals surface area contributed by atoms with Crippen LogP contribution in [0.3, 0.4) is 0 Å². The van der Waals surface area contributed by atoms with Crippen molar-refractivity contribution in [3.05, 3.63) is 27.7 Å². The third-order valence-corrected chi connectivity index (χ3v) is 2.22. The van der Waals surface area contributed by atoms with Crippen LogP contribution in [0.5, 0.6) is 0 Å². The van der Waals surface area contributed by atoms with Crippen molar-refractivity contribution >= 4 is 38.6 Å². The fourth-order valence-corrected chi connectivity index (χ4v) is 1.86. The van der Waals surface area contributed by atoms with Crippen LogP contribution in [0.4, 0.5) is 4.39 Å². The molecular weight excluding hydrogens is 246 g/mol. The Labute approximate surface area is 80.9 Å². The zero-order valence-electron chi connectivity index (χ0n) is 5.74. The lowest BCUT2D eigenvalue weighted by Crippen LogP contribution is -1.72. The van der Waals surface area contributed by atoms with Gasteiger partial charge in [0.2, 0.25) is 0 Å². The molecule has 1 aromatic heterocycles. The molecule has 0 bridgehead atoms. The predicted molar refractivity (Wildman–Crippen MR) is 48.8 cm³/mol. The van der Waals surface area contributed by atoms with Crippen molar-refractivity contribution in [3.8, 4) is 0 Å². The molecule has 0 spiro atoms. The predicted octanol–water partition coefficient (Wildman–Crippen LogP) is 3.12. The van der Waals surface area contributed by atoms with Gasteiger partial charge in [0.05, 0.1) is 10.5 Å². The highest BCUT2D eigenvalue weighted by Crippen LogP contribution is 2.25. The second kappa shape index (κ2) is 2.71. The normalized spacial score (nSPS) is 10.9. The SMILES string of the molecule is Fc1nc2c(Cl)cc(Br)cc2[nH]1. The van der Waals surface area contributed by atoms with E-state index in [9.17, 15) is 4.39 Å². The monoisotopic (exact) mass is 248 g/mol. The van der Waals surface area contributed by atoms with Gasteiger partial charge >= 0.3 is 0 Å². The average molecular weight is 249 g/mol. The molecular formula is C7H3BrClFN2. The topological polar surface area (TPSA) is 28.7 Å². The largest absolute Gasteiger partial charge is 0.314 e. The number of imidazole rings is 1. The molecule has 1 N–H and O–H groups in total. The molecule has 1 heterocycles. The summed E-state index contributed by atoms with van der Waals surface area (Å²) in [4.78, 5) is 6.03. The van der Waals surface area contributed by atoms with Crippen molar-refractivity contribution in [1.82, 2.24) is 9.97 Å². The molecule has 5 heteroatoms. The van der Waals surface area contributed by atoms with Crippen LogP contribution in [-0.4, -0.2) is 9.97 Å². The lowest BCUT2D eigenvalue weighted by Gasteiger charge is -1.92. The molecule has 2 rings (SSSR count). The lowest BCUT2D eigenvalue weighted by atomic mass is 10.3. The maximum atomic E-state index is 12.6. The minimum absolute atomic E-state index is 0.430. The Morgan fingerprint density at radius 2 is 2.25 bits per heavy atom. The lowest BCUT2D eigenvalue weighted by molar-refractivity contribution is 0.556. The molecule has 2 nitrogen and oxygen atoms in total. The first-order valence-corrected chi connectivity index (χ1v) is 4.34. The van der Waals surface area contributed by atoms with Gasteiger partial charge in [-0.3, -0.25) is 0 Å². The summed E-state index contributed by atoms with van der Waals surface area (Å²) in [5, 5.41) is 0.430. The number of nitrogens with one attached hydrogen (secondary N) is 1. The number of aromatic nitrogens is 2. The first kappa shape index (κ1) is 8.01. The van der Waals surface area contributed by atoms with Crippen LogP contribution < -0.4 is 0 Å². The van der Waals surface area contributed by atoms with E-state index in [0.29, 0.717) is 16.1 Å². The Bertz CT molecular complexity index is 440. The Balaban J connectivity index is 2.88. The quantitative estimate of drug-likeness (QED) is 0.763. The smallest absolute Gasteiger partial charge is 0.287 e. The van der Waals surface area contributed by atoms with Gasteiger partial charge in [0.25, 0.3) is 6.08 Å². The molecule has 0 amide bonds. The van der Waals surface area contributed by atoms with E-state index in [1.165, 1.54) is 0 Å². The number of halogens is 3. The van der Waals surface area contributed by atoms with Gasteiger partial charge in [-0.25, -0.2) is 4.98 Å². The van der Waals surface area contributed by atoms with Gasteiger partial charge < -0.3 is 4.98 Å². The van der Waals surface area contributed by atoms with Crippen LogP contribution in [0.1, 0.15) is 0 Å². The molecule has 0 atom stereocenters. The fraction of sp³-hybridized carbons (Fsp3) is 0. The molecule has 1 aromatic carbocycles. The summed E-state index contributed by atoms with van der Waals surface area (Å²) in [5.74, 6) is 0. The van der Waals surface area contributed by atoms with Crippen molar-refractivity contribution in [2.75, 3.05) is 0 Å². The standard InChI is InChI=1S/C7H3BrClFN2/c8-3-1-4(9)6-5(2-3)11-7(10)12-6/h1-2H,(H,11,12). The van der Waals surface area contributed by atoms with Crippen LogP contribution in [0.2, 0.25) is 5.02 Å². The maximum Gasteiger partial charge on any atom is 0.287 e. The van der Waals surface area contributed by atoms with Crippen LogP contribution in [0.25, 0.3) is 11.0 Å². The second-order valence-corrected chi connectivity index (χ2v) is 3.63.